The summed E-state index contributed by atoms with van der Waals surface area (Å²) in [7, 11) is 0. The van der Waals surface area contributed by atoms with Gasteiger partial charge in [-0.05, 0) is 44.2 Å². The number of carbonyl (C=O) groups is 1. The second kappa shape index (κ2) is 17.8. The van der Waals surface area contributed by atoms with Crippen LogP contribution in [0, 0.1) is 0 Å². The van der Waals surface area contributed by atoms with Gasteiger partial charge in [0.15, 0.2) is 0 Å². The Morgan fingerprint density at radius 2 is 1.48 bits per heavy atom. The van der Waals surface area contributed by atoms with Crippen LogP contribution in [0.3, 0.4) is 0 Å². The van der Waals surface area contributed by atoms with Gasteiger partial charge in [0.25, 0.3) is 0 Å². The fourth-order valence-corrected chi connectivity index (χ4v) is 3.08. The predicted molar refractivity (Wildman–Crippen MR) is 114 cm³/mol. The van der Waals surface area contributed by atoms with Gasteiger partial charge in [0.1, 0.15) is 0 Å². The fourth-order valence-electron chi connectivity index (χ4n) is 3.08. The second-order valence-corrected chi connectivity index (χ2v) is 7.32. The molecule has 0 aliphatic heterocycles. The molecule has 1 rings (SSSR count). The number of rotatable bonds is 17. The van der Waals surface area contributed by atoms with Crippen LogP contribution in [0.2, 0.25) is 0 Å². The van der Waals surface area contributed by atoms with Gasteiger partial charge in [-0.2, -0.15) is 0 Å². The standard InChI is InChI=1S/C24H39NO2/c1-2-3-4-5-6-7-8-9-10-11-12-13-14-15-16-17-21-27-24(26)23-19-18-20-25-22-23/h9-10,18-20,22H,2-8,11-17,21H2,1H3/b10-9+. The molecule has 0 saturated carbocycles. The molecule has 0 aliphatic rings. The number of pyridine rings is 1. The Labute approximate surface area is 166 Å². The number of hydrogen-bond donors (Lipinski definition) is 0. The molecule has 0 amide bonds. The molecule has 0 saturated heterocycles. The van der Waals surface area contributed by atoms with Crippen LogP contribution in [0.4, 0.5) is 0 Å². The molecule has 1 aromatic heterocycles. The summed E-state index contributed by atoms with van der Waals surface area (Å²) in [6.07, 6.45) is 25.9. The Morgan fingerprint density at radius 3 is 2.07 bits per heavy atom. The zero-order valence-corrected chi connectivity index (χ0v) is 17.3. The van der Waals surface area contributed by atoms with Crippen molar-refractivity contribution in [2.45, 2.75) is 96.8 Å². The Kier molecular flexibility index (Phi) is 15.4. The molecule has 1 heterocycles. The van der Waals surface area contributed by atoms with E-state index in [-0.39, 0.29) is 5.97 Å². The van der Waals surface area contributed by atoms with Gasteiger partial charge in [0.05, 0.1) is 12.2 Å². The highest BCUT2D eigenvalue weighted by atomic mass is 16.5. The third kappa shape index (κ3) is 14.1. The van der Waals surface area contributed by atoms with Gasteiger partial charge in [0.2, 0.25) is 0 Å². The largest absolute Gasteiger partial charge is 0.462 e. The molecule has 0 fully saturated rings. The summed E-state index contributed by atoms with van der Waals surface area (Å²) in [5.41, 5.74) is 0.530. The molecule has 0 aliphatic carbocycles. The van der Waals surface area contributed by atoms with Gasteiger partial charge in [-0.25, -0.2) is 4.79 Å². The first-order valence-electron chi connectivity index (χ1n) is 11.1. The first kappa shape index (κ1) is 23.4. The molecule has 0 radical (unpaired) electrons. The van der Waals surface area contributed by atoms with Gasteiger partial charge in [-0.15, -0.1) is 0 Å². The summed E-state index contributed by atoms with van der Waals surface area (Å²) in [6.45, 7) is 2.78. The quantitative estimate of drug-likeness (QED) is 0.164. The Morgan fingerprint density at radius 1 is 0.889 bits per heavy atom. The highest BCUT2D eigenvalue weighted by Gasteiger charge is 2.05. The molecule has 0 spiro atoms. The number of ether oxygens (including phenoxy) is 1. The van der Waals surface area contributed by atoms with E-state index < -0.39 is 0 Å². The van der Waals surface area contributed by atoms with E-state index in [1.165, 1.54) is 77.0 Å². The SMILES string of the molecule is CCCCCCCC/C=C/CCCCCCCCOC(=O)c1cccnc1. The maximum Gasteiger partial charge on any atom is 0.339 e. The van der Waals surface area contributed by atoms with Crippen molar-refractivity contribution >= 4 is 5.97 Å². The van der Waals surface area contributed by atoms with E-state index >= 15 is 0 Å². The average molecular weight is 374 g/mol. The topological polar surface area (TPSA) is 39.2 Å². The summed E-state index contributed by atoms with van der Waals surface area (Å²) < 4.78 is 5.26. The highest BCUT2D eigenvalue weighted by molar-refractivity contribution is 5.88. The van der Waals surface area contributed by atoms with Crippen molar-refractivity contribution in [3.8, 4) is 0 Å². The van der Waals surface area contributed by atoms with Crippen LogP contribution in [-0.2, 0) is 4.74 Å². The number of hydrogen-bond acceptors (Lipinski definition) is 3. The van der Waals surface area contributed by atoms with Gasteiger partial charge >= 0.3 is 5.97 Å². The van der Waals surface area contributed by atoms with E-state index in [2.05, 4.69) is 24.1 Å². The molecule has 1 aromatic rings. The first-order valence-corrected chi connectivity index (χ1v) is 11.1. The summed E-state index contributed by atoms with van der Waals surface area (Å²) in [6, 6.07) is 3.48. The Hall–Kier alpha value is -1.64. The Bertz CT molecular complexity index is 484. The normalized spacial score (nSPS) is 11.1. The number of aromatic nitrogens is 1. The molecular formula is C24H39NO2. The maximum atomic E-state index is 11.7. The van der Waals surface area contributed by atoms with Gasteiger partial charge in [0, 0.05) is 12.4 Å². The number of allylic oxidation sites excluding steroid dienone is 2. The number of unbranched alkanes of at least 4 members (excludes halogenated alkanes) is 12. The number of esters is 1. The minimum Gasteiger partial charge on any atom is -0.462 e. The van der Waals surface area contributed by atoms with Gasteiger partial charge in [-0.3, -0.25) is 4.98 Å². The van der Waals surface area contributed by atoms with E-state index in [4.69, 9.17) is 4.74 Å². The minimum atomic E-state index is -0.268. The monoisotopic (exact) mass is 373 g/mol. The summed E-state index contributed by atoms with van der Waals surface area (Å²) in [5.74, 6) is -0.268. The lowest BCUT2D eigenvalue weighted by Crippen LogP contribution is -2.06. The third-order valence-electron chi connectivity index (χ3n) is 4.79. The lowest BCUT2D eigenvalue weighted by Gasteiger charge is -2.04. The summed E-state index contributed by atoms with van der Waals surface area (Å²) >= 11 is 0. The third-order valence-corrected chi connectivity index (χ3v) is 4.79. The summed E-state index contributed by atoms with van der Waals surface area (Å²) in [5, 5.41) is 0. The first-order chi connectivity index (χ1) is 13.3. The zero-order valence-electron chi connectivity index (χ0n) is 17.3. The number of carbonyl (C=O) groups excluding carboxylic acids is 1. The molecule has 3 nitrogen and oxygen atoms in total. The minimum absolute atomic E-state index is 0.268. The molecule has 0 N–H and O–H groups in total. The van der Waals surface area contributed by atoms with Gasteiger partial charge < -0.3 is 4.74 Å². The highest BCUT2D eigenvalue weighted by Crippen LogP contribution is 2.10. The lowest BCUT2D eigenvalue weighted by molar-refractivity contribution is 0.0497. The van der Waals surface area contributed by atoms with Crippen molar-refractivity contribution < 1.29 is 9.53 Å². The van der Waals surface area contributed by atoms with Crippen molar-refractivity contribution in [2.24, 2.45) is 0 Å². The maximum absolute atomic E-state index is 11.7. The van der Waals surface area contributed by atoms with Crippen LogP contribution in [0.5, 0.6) is 0 Å². The van der Waals surface area contributed by atoms with E-state index in [0.717, 1.165) is 12.8 Å². The van der Waals surface area contributed by atoms with Crippen molar-refractivity contribution in [1.29, 1.82) is 0 Å². The van der Waals surface area contributed by atoms with Crippen LogP contribution < -0.4 is 0 Å². The van der Waals surface area contributed by atoms with Crippen LogP contribution in [0.25, 0.3) is 0 Å². The molecule has 27 heavy (non-hydrogen) atoms. The molecule has 0 unspecified atom stereocenters. The van der Waals surface area contributed by atoms with E-state index in [1.807, 2.05) is 0 Å². The second-order valence-electron chi connectivity index (χ2n) is 7.32. The molecule has 0 aromatic carbocycles. The van der Waals surface area contributed by atoms with E-state index in [9.17, 15) is 4.79 Å². The van der Waals surface area contributed by atoms with Gasteiger partial charge in [-0.1, -0.05) is 76.9 Å². The molecular weight excluding hydrogens is 334 g/mol. The predicted octanol–water partition coefficient (Wildman–Crippen LogP) is 7.28. The lowest BCUT2D eigenvalue weighted by atomic mass is 10.1. The van der Waals surface area contributed by atoms with Crippen LogP contribution in [0.15, 0.2) is 36.7 Å². The number of nitrogens with zero attached hydrogens (tertiary/aromatic N) is 1. The van der Waals surface area contributed by atoms with E-state index in [1.54, 1.807) is 24.5 Å². The van der Waals surface area contributed by atoms with Crippen LogP contribution in [0.1, 0.15) is 107 Å². The molecule has 0 atom stereocenters. The van der Waals surface area contributed by atoms with Crippen molar-refractivity contribution in [3.63, 3.8) is 0 Å². The van der Waals surface area contributed by atoms with Crippen molar-refractivity contribution in [1.82, 2.24) is 4.98 Å². The molecule has 0 bridgehead atoms. The summed E-state index contributed by atoms with van der Waals surface area (Å²) in [4.78, 5) is 15.7. The van der Waals surface area contributed by atoms with Crippen molar-refractivity contribution in [3.05, 3.63) is 42.2 Å². The van der Waals surface area contributed by atoms with Crippen LogP contribution >= 0.6 is 0 Å². The fraction of sp³-hybridized carbons (Fsp3) is 0.667. The van der Waals surface area contributed by atoms with E-state index in [0.29, 0.717) is 12.2 Å². The van der Waals surface area contributed by atoms with Crippen molar-refractivity contribution in [2.75, 3.05) is 6.61 Å². The Balaban J connectivity index is 1.80. The molecule has 3 heteroatoms. The smallest absolute Gasteiger partial charge is 0.339 e. The average Bonchev–Trinajstić information content (AvgIpc) is 2.70. The van der Waals surface area contributed by atoms with Crippen LogP contribution in [-0.4, -0.2) is 17.6 Å². The molecule has 152 valence electrons. The zero-order chi connectivity index (χ0) is 19.4.